The standard InChI is InChI=1S/C26H38N2O7Si/c1-25(2,3)34-24(30)27-22(23(29)18-9-11-19(12-10-18)28(31)32)17-33-20-13-15-21(16-14-20)35-36(7,8)26(4,5)6/h9-16,22-23,29H,17H2,1-8H3,(H,27,30)/t22-,23-/m1/s1. The van der Waals surface area contributed by atoms with Gasteiger partial charge in [0.15, 0.2) is 0 Å². The maximum absolute atomic E-state index is 12.4. The Morgan fingerprint density at radius 1 is 1.00 bits per heavy atom. The third-order valence-corrected chi connectivity index (χ3v) is 10.3. The number of aliphatic hydroxyl groups excluding tert-OH is 1. The molecule has 10 heteroatoms. The second-order valence-electron chi connectivity index (χ2n) is 11.2. The first-order valence-electron chi connectivity index (χ1n) is 11.8. The number of aliphatic hydroxyl groups is 1. The summed E-state index contributed by atoms with van der Waals surface area (Å²) in [5, 5.41) is 24.6. The van der Waals surface area contributed by atoms with Crippen molar-refractivity contribution in [1.29, 1.82) is 0 Å². The Morgan fingerprint density at radius 3 is 2.00 bits per heavy atom. The molecule has 2 N–H and O–H groups in total. The van der Waals surface area contributed by atoms with E-state index in [9.17, 15) is 20.0 Å². The van der Waals surface area contributed by atoms with E-state index in [1.807, 2.05) is 12.1 Å². The molecule has 0 unspecified atom stereocenters. The smallest absolute Gasteiger partial charge is 0.408 e. The molecule has 2 aromatic carbocycles. The molecular formula is C26H38N2O7Si. The van der Waals surface area contributed by atoms with Crippen molar-refractivity contribution in [2.45, 2.75) is 77.4 Å². The molecule has 198 valence electrons. The van der Waals surface area contributed by atoms with Crippen LogP contribution in [0.2, 0.25) is 18.1 Å². The third kappa shape index (κ3) is 8.53. The highest BCUT2D eigenvalue weighted by molar-refractivity contribution is 6.74. The Bertz CT molecular complexity index is 1030. The number of nitrogens with one attached hydrogen (secondary N) is 1. The van der Waals surface area contributed by atoms with Crippen molar-refractivity contribution in [3.05, 3.63) is 64.2 Å². The minimum absolute atomic E-state index is 0.0662. The number of non-ortho nitro benzene ring substituents is 1. The van der Waals surface area contributed by atoms with Gasteiger partial charge in [0.2, 0.25) is 8.32 Å². The number of nitrogens with zero attached hydrogens (tertiary/aromatic N) is 1. The molecule has 9 nitrogen and oxygen atoms in total. The highest BCUT2D eigenvalue weighted by atomic mass is 28.4. The predicted octanol–water partition coefficient (Wildman–Crippen LogP) is 5.98. The van der Waals surface area contributed by atoms with Gasteiger partial charge < -0.3 is 24.3 Å². The van der Waals surface area contributed by atoms with Crippen LogP contribution in [0.3, 0.4) is 0 Å². The number of nitro benzene ring substituents is 1. The summed E-state index contributed by atoms with van der Waals surface area (Å²) in [6.07, 6.45) is -1.91. The van der Waals surface area contributed by atoms with Gasteiger partial charge in [-0.1, -0.05) is 20.8 Å². The molecule has 0 saturated carbocycles. The van der Waals surface area contributed by atoms with Crippen molar-refractivity contribution < 1.29 is 28.7 Å². The van der Waals surface area contributed by atoms with Crippen molar-refractivity contribution in [2.75, 3.05) is 6.61 Å². The molecule has 0 bridgehead atoms. The number of rotatable bonds is 9. The van der Waals surface area contributed by atoms with Gasteiger partial charge >= 0.3 is 6.09 Å². The molecule has 2 aromatic rings. The summed E-state index contributed by atoms with van der Waals surface area (Å²) in [5.41, 5.74) is -0.435. The van der Waals surface area contributed by atoms with Crippen LogP contribution in [0.25, 0.3) is 0 Å². The van der Waals surface area contributed by atoms with E-state index in [0.717, 1.165) is 5.75 Å². The van der Waals surface area contributed by atoms with E-state index < -0.39 is 37.1 Å². The van der Waals surface area contributed by atoms with E-state index in [1.165, 1.54) is 24.3 Å². The number of ether oxygens (including phenoxy) is 2. The van der Waals surface area contributed by atoms with Crippen molar-refractivity contribution in [1.82, 2.24) is 5.32 Å². The Labute approximate surface area is 214 Å². The van der Waals surface area contributed by atoms with Gasteiger partial charge in [0.1, 0.15) is 29.8 Å². The van der Waals surface area contributed by atoms with Crippen LogP contribution in [0.5, 0.6) is 11.5 Å². The van der Waals surface area contributed by atoms with Gasteiger partial charge in [0.05, 0.1) is 11.0 Å². The molecule has 0 aliphatic heterocycles. The lowest BCUT2D eigenvalue weighted by molar-refractivity contribution is -0.384. The summed E-state index contributed by atoms with van der Waals surface area (Å²) in [6.45, 7) is 16.0. The predicted molar refractivity (Wildman–Crippen MR) is 141 cm³/mol. The quantitative estimate of drug-likeness (QED) is 0.238. The number of amides is 1. The molecule has 0 radical (unpaired) electrons. The fraction of sp³-hybridized carbons (Fsp3) is 0.500. The lowest BCUT2D eigenvalue weighted by Gasteiger charge is -2.36. The van der Waals surface area contributed by atoms with E-state index in [4.69, 9.17) is 13.9 Å². The number of benzene rings is 2. The van der Waals surface area contributed by atoms with E-state index in [2.05, 4.69) is 39.2 Å². The summed E-state index contributed by atoms with van der Waals surface area (Å²) in [7, 11) is -1.98. The summed E-state index contributed by atoms with van der Waals surface area (Å²) >= 11 is 0. The topological polar surface area (TPSA) is 120 Å². The second-order valence-corrected chi connectivity index (χ2v) is 15.9. The van der Waals surface area contributed by atoms with E-state index in [0.29, 0.717) is 11.3 Å². The molecule has 0 fully saturated rings. The van der Waals surface area contributed by atoms with Crippen molar-refractivity contribution >= 4 is 20.1 Å². The zero-order valence-corrected chi connectivity index (χ0v) is 23.3. The van der Waals surface area contributed by atoms with Crippen LogP contribution in [0.4, 0.5) is 10.5 Å². The minimum Gasteiger partial charge on any atom is -0.543 e. The van der Waals surface area contributed by atoms with Gasteiger partial charge in [-0.2, -0.15) is 0 Å². The minimum atomic E-state index is -1.98. The van der Waals surface area contributed by atoms with Crippen LogP contribution in [0.1, 0.15) is 53.2 Å². The molecule has 0 aliphatic rings. The van der Waals surface area contributed by atoms with Crippen molar-refractivity contribution in [3.8, 4) is 11.5 Å². The maximum Gasteiger partial charge on any atom is 0.408 e. The van der Waals surface area contributed by atoms with Gasteiger partial charge in [-0.3, -0.25) is 10.1 Å². The zero-order valence-electron chi connectivity index (χ0n) is 22.3. The number of alkyl carbamates (subject to hydrolysis) is 1. The number of hydrogen-bond acceptors (Lipinski definition) is 7. The Kier molecular flexibility index (Phi) is 9.14. The van der Waals surface area contributed by atoms with Gasteiger partial charge in [0.25, 0.3) is 5.69 Å². The molecule has 0 aromatic heterocycles. The lowest BCUT2D eigenvalue weighted by Crippen LogP contribution is -2.45. The zero-order chi connectivity index (χ0) is 27.3. The first-order valence-corrected chi connectivity index (χ1v) is 14.7. The molecule has 2 atom stereocenters. The van der Waals surface area contributed by atoms with Crippen molar-refractivity contribution in [2.24, 2.45) is 0 Å². The van der Waals surface area contributed by atoms with Crippen molar-refractivity contribution in [3.63, 3.8) is 0 Å². The Morgan fingerprint density at radius 2 is 1.53 bits per heavy atom. The lowest BCUT2D eigenvalue weighted by atomic mass is 10.0. The van der Waals surface area contributed by atoms with E-state index in [1.54, 1.807) is 32.9 Å². The highest BCUT2D eigenvalue weighted by Gasteiger charge is 2.39. The largest absolute Gasteiger partial charge is 0.543 e. The van der Waals surface area contributed by atoms with Gasteiger partial charge in [-0.15, -0.1) is 0 Å². The Balaban J connectivity index is 2.15. The number of nitro groups is 1. The molecule has 36 heavy (non-hydrogen) atoms. The first kappa shape index (κ1) is 29.1. The molecule has 2 rings (SSSR count). The second kappa shape index (κ2) is 11.3. The van der Waals surface area contributed by atoms with Crippen LogP contribution in [-0.2, 0) is 4.74 Å². The van der Waals surface area contributed by atoms with Crippen LogP contribution in [0, 0.1) is 10.1 Å². The average molecular weight is 519 g/mol. The molecular weight excluding hydrogens is 480 g/mol. The van der Waals surface area contributed by atoms with Crippen LogP contribution >= 0.6 is 0 Å². The number of carbonyl (C=O) groups excluding carboxylic acids is 1. The van der Waals surface area contributed by atoms with Gasteiger partial charge in [0, 0.05) is 12.1 Å². The summed E-state index contributed by atoms with van der Waals surface area (Å²) in [5.74, 6) is 1.28. The Hall–Kier alpha value is -3.11. The SMILES string of the molecule is CC(C)(C)OC(=O)N[C@H](COc1ccc(O[Si](C)(C)C(C)(C)C)cc1)[C@H](O)c1ccc([N+](=O)[O-])cc1. The summed E-state index contributed by atoms with van der Waals surface area (Å²) in [6, 6.07) is 11.8. The molecule has 0 saturated heterocycles. The van der Waals surface area contributed by atoms with E-state index in [-0.39, 0.29) is 17.3 Å². The molecule has 0 heterocycles. The van der Waals surface area contributed by atoms with Gasteiger partial charge in [-0.25, -0.2) is 4.79 Å². The summed E-state index contributed by atoms with van der Waals surface area (Å²) in [4.78, 5) is 22.8. The molecule has 0 spiro atoms. The monoisotopic (exact) mass is 518 g/mol. The molecule has 1 amide bonds. The maximum atomic E-state index is 12.4. The summed E-state index contributed by atoms with van der Waals surface area (Å²) < 4.78 is 17.5. The number of carbonyl (C=O) groups is 1. The fourth-order valence-corrected chi connectivity index (χ4v) is 3.97. The third-order valence-electron chi connectivity index (χ3n) is 5.96. The highest BCUT2D eigenvalue weighted by Crippen LogP contribution is 2.37. The van der Waals surface area contributed by atoms with Crippen LogP contribution in [-0.4, -0.2) is 42.7 Å². The van der Waals surface area contributed by atoms with Crippen LogP contribution in [0.15, 0.2) is 48.5 Å². The van der Waals surface area contributed by atoms with Gasteiger partial charge in [-0.05, 0) is 80.9 Å². The molecule has 0 aliphatic carbocycles. The average Bonchev–Trinajstić information content (AvgIpc) is 2.75. The normalized spacial score (nSPS) is 13.9. The first-order chi connectivity index (χ1) is 16.5. The fourth-order valence-electron chi connectivity index (χ4n) is 2.93. The van der Waals surface area contributed by atoms with E-state index >= 15 is 0 Å². The number of hydrogen-bond donors (Lipinski definition) is 2. The van der Waals surface area contributed by atoms with Crippen LogP contribution < -0.4 is 14.5 Å².